The SMILES string of the molecule is N#Cc1cc(C#N)c(-n2c3ccc(-c4ccccc4)cc3c3cc(-c4ccccc4)ccc32)c(-n2c3ccc(-n4c5ccccc5c5ccccc54)cc3c3c4oc5ccccc5c4ccc32)c1. The van der Waals surface area contributed by atoms with Crippen molar-refractivity contribution in [2.24, 2.45) is 0 Å². The molecule has 14 aromatic rings. The Labute approximate surface area is 389 Å². The van der Waals surface area contributed by atoms with E-state index < -0.39 is 0 Å². The maximum absolute atomic E-state index is 11.3. The highest BCUT2D eigenvalue weighted by Gasteiger charge is 2.26. The highest BCUT2D eigenvalue weighted by molar-refractivity contribution is 6.24. The Hall–Kier alpha value is -9.62. The van der Waals surface area contributed by atoms with Gasteiger partial charge in [0.1, 0.15) is 17.2 Å². The predicted octanol–water partition coefficient (Wildman–Crippen LogP) is 16.0. The third kappa shape index (κ3) is 5.37. The molecule has 0 fully saturated rings. The van der Waals surface area contributed by atoms with Crippen molar-refractivity contribution >= 4 is 87.4 Å². The first-order valence-corrected chi connectivity index (χ1v) is 22.7. The molecule has 10 aromatic carbocycles. The van der Waals surface area contributed by atoms with Crippen LogP contribution in [0, 0.1) is 22.7 Å². The fraction of sp³-hybridized carbons (Fsp3) is 0. The van der Waals surface area contributed by atoms with Gasteiger partial charge in [0, 0.05) is 43.4 Å². The lowest BCUT2D eigenvalue weighted by molar-refractivity contribution is 0.673. The van der Waals surface area contributed by atoms with E-state index in [0.29, 0.717) is 22.5 Å². The second kappa shape index (κ2) is 14.4. The monoisotopic (exact) mass is 865 g/mol. The second-order valence-corrected chi connectivity index (χ2v) is 17.5. The molecule has 0 saturated carbocycles. The van der Waals surface area contributed by atoms with Gasteiger partial charge in [-0.1, -0.05) is 127 Å². The molecule has 0 spiro atoms. The van der Waals surface area contributed by atoms with Gasteiger partial charge in [-0.25, -0.2) is 0 Å². The number of hydrogen-bond acceptors (Lipinski definition) is 3. The number of benzene rings is 10. The van der Waals surface area contributed by atoms with Crippen LogP contribution in [0.4, 0.5) is 0 Å². The molecule has 68 heavy (non-hydrogen) atoms. The van der Waals surface area contributed by atoms with Crippen molar-refractivity contribution in [3.05, 3.63) is 223 Å². The summed E-state index contributed by atoms with van der Waals surface area (Å²) in [5, 5.41) is 30.4. The van der Waals surface area contributed by atoms with Crippen LogP contribution in [0.3, 0.4) is 0 Å². The number of aromatic nitrogens is 3. The number of nitriles is 2. The minimum absolute atomic E-state index is 0.388. The average Bonchev–Trinajstić information content (AvgIpc) is 4.14. The molecule has 0 bridgehead atoms. The molecule has 6 nitrogen and oxygen atoms in total. The van der Waals surface area contributed by atoms with Crippen LogP contribution in [-0.4, -0.2) is 13.7 Å². The number of furan rings is 1. The van der Waals surface area contributed by atoms with Crippen LogP contribution in [0.1, 0.15) is 11.1 Å². The molecular formula is C62H35N5O. The van der Waals surface area contributed by atoms with Gasteiger partial charge in [-0.2, -0.15) is 10.5 Å². The average molecular weight is 866 g/mol. The van der Waals surface area contributed by atoms with Crippen LogP contribution in [0.2, 0.25) is 0 Å². The Kier molecular flexibility index (Phi) is 8.01. The summed E-state index contributed by atoms with van der Waals surface area (Å²) in [5.41, 5.74) is 15.1. The van der Waals surface area contributed by atoms with E-state index in [0.717, 1.165) is 105 Å². The number of nitrogens with zero attached hydrogens (tertiary/aromatic N) is 5. The van der Waals surface area contributed by atoms with E-state index >= 15 is 0 Å². The largest absolute Gasteiger partial charge is 0.455 e. The summed E-state index contributed by atoms with van der Waals surface area (Å²) in [6.45, 7) is 0. The van der Waals surface area contributed by atoms with Crippen molar-refractivity contribution in [1.29, 1.82) is 10.5 Å². The molecule has 0 aliphatic carbocycles. The highest BCUT2D eigenvalue weighted by atomic mass is 16.3. The molecule has 4 aromatic heterocycles. The van der Waals surface area contributed by atoms with Crippen LogP contribution in [0.5, 0.6) is 0 Å². The first kappa shape index (κ1) is 37.7. The van der Waals surface area contributed by atoms with Crippen molar-refractivity contribution in [2.75, 3.05) is 0 Å². The van der Waals surface area contributed by atoms with Gasteiger partial charge in [-0.05, 0) is 107 Å². The van der Waals surface area contributed by atoms with Gasteiger partial charge in [0.2, 0.25) is 0 Å². The zero-order valence-corrected chi connectivity index (χ0v) is 36.4. The van der Waals surface area contributed by atoms with Crippen molar-refractivity contribution in [3.63, 3.8) is 0 Å². The molecule has 0 radical (unpaired) electrons. The van der Waals surface area contributed by atoms with Gasteiger partial charge in [-0.15, -0.1) is 0 Å². The molecule has 4 heterocycles. The minimum atomic E-state index is 0.388. The maximum Gasteiger partial charge on any atom is 0.145 e. The van der Waals surface area contributed by atoms with E-state index in [2.05, 4.69) is 196 Å². The van der Waals surface area contributed by atoms with Gasteiger partial charge in [-0.3, -0.25) is 0 Å². The van der Waals surface area contributed by atoms with E-state index in [1.165, 1.54) is 10.8 Å². The number of para-hydroxylation sites is 3. The van der Waals surface area contributed by atoms with Crippen LogP contribution < -0.4 is 0 Å². The summed E-state index contributed by atoms with van der Waals surface area (Å²) in [7, 11) is 0. The summed E-state index contributed by atoms with van der Waals surface area (Å²) in [6, 6.07) is 78.9. The van der Waals surface area contributed by atoms with Gasteiger partial charge >= 0.3 is 0 Å². The topological polar surface area (TPSA) is 75.5 Å². The van der Waals surface area contributed by atoms with Crippen LogP contribution in [0.25, 0.3) is 127 Å². The summed E-state index contributed by atoms with van der Waals surface area (Å²) in [6.07, 6.45) is 0. The van der Waals surface area contributed by atoms with Gasteiger partial charge in [0.25, 0.3) is 0 Å². The lowest BCUT2D eigenvalue weighted by Crippen LogP contribution is -2.07. The standard InChI is InChI=1S/C62H35N5O/c63-36-38-31-43(37-64)61(67-54-27-23-41(39-13-3-1-4-14-39)33-49(54)50-34-42(24-28-55(50)67)40-15-5-2-6-16-40)58(32-38)66-56-29-25-44(65-52-20-10-7-17-45(52)46-18-8-11-21-53(46)65)35-51(56)60-57(66)30-26-48-47-19-9-12-22-59(47)68-62(48)60/h1-35H. The Bertz CT molecular complexity index is 4360. The zero-order valence-electron chi connectivity index (χ0n) is 36.4. The lowest BCUT2D eigenvalue weighted by atomic mass is 10.0. The minimum Gasteiger partial charge on any atom is -0.455 e. The molecule has 0 atom stereocenters. The fourth-order valence-electron chi connectivity index (χ4n) is 10.9. The normalized spacial score (nSPS) is 11.8. The number of rotatable bonds is 5. The van der Waals surface area contributed by atoms with Crippen LogP contribution in [-0.2, 0) is 0 Å². The number of hydrogen-bond donors (Lipinski definition) is 0. The first-order valence-electron chi connectivity index (χ1n) is 22.7. The summed E-state index contributed by atoms with van der Waals surface area (Å²) in [4.78, 5) is 0. The molecule has 0 aliphatic heterocycles. The zero-order chi connectivity index (χ0) is 45.0. The summed E-state index contributed by atoms with van der Waals surface area (Å²) < 4.78 is 13.7. The first-order chi connectivity index (χ1) is 33.6. The van der Waals surface area contributed by atoms with Gasteiger partial charge < -0.3 is 18.1 Å². The molecule has 14 rings (SSSR count). The smallest absolute Gasteiger partial charge is 0.145 e. The van der Waals surface area contributed by atoms with E-state index in [-0.39, 0.29) is 0 Å². The van der Waals surface area contributed by atoms with Crippen molar-refractivity contribution in [2.45, 2.75) is 0 Å². The van der Waals surface area contributed by atoms with Gasteiger partial charge in [0.05, 0.1) is 67.1 Å². The Morgan fingerprint density at radius 3 is 1.53 bits per heavy atom. The highest BCUT2D eigenvalue weighted by Crippen LogP contribution is 2.45. The molecule has 0 unspecified atom stereocenters. The lowest BCUT2D eigenvalue weighted by Gasteiger charge is -2.19. The molecule has 0 aliphatic rings. The number of fused-ring (bicyclic) bond motifs is 13. The molecule has 6 heteroatoms. The van der Waals surface area contributed by atoms with Crippen molar-refractivity contribution in [3.8, 4) is 51.5 Å². The quantitative estimate of drug-likeness (QED) is 0.173. The van der Waals surface area contributed by atoms with Crippen LogP contribution in [0.15, 0.2) is 217 Å². The Morgan fingerprint density at radius 2 is 0.897 bits per heavy atom. The maximum atomic E-state index is 11.3. The molecule has 0 saturated heterocycles. The van der Waals surface area contributed by atoms with Crippen molar-refractivity contribution in [1.82, 2.24) is 13.7 Å². The van der Waals surface area contributed by atoms with E-state index in [4.69, 9.17) is 4.42 Å². The Balaban J connectivity index is 1.12. The van der Waals surface area contributed by atoms with Crippen LogP contribution >= 0.6 is 0 Å². The molecule has 0 N–H and O–H groups in total. The van der Waals surface area contributed by atoms with E-state index in [1.54, 1.807) is 6.07 Å². The third-order valence-electron chi connectivity index (χ3n) is 13.9. The van der Waals surface area contributed by atoms with E-state index in [9.17, 15) is 10.5 Å². The fourth-order valence-corrected chi connectivity index (χ4v) is 10.9. The molecule has 0 amide bonds. The van der Waals surface area contributed by atoms with E-state index in [1.807, 2.05) is 36.4 Å². The second-order valence-electron chi connectivity index (χ2n) is 17.5. The van der Waals surface area contributed by atoms with Crippen molar-refractivity contribution < 1.29 is 4.42 Å². The summed E-state index contributed by atoms with van der Waals surface area (Å²) in [5.74, 6) is 0. The third-order valence-corrected chi connectivity index (χ3v) is 13.9. The van der Waals surface area contributed by atoms with Gasteiger partial charge in [0.15, 0.2) is 0 Å². The molecule has 314 valence electrons. The summed E-state index contributed by atoms with van der Waals surface area (Å²) >= 11 is 0. The molecular weight excluding hydrogens is 831 g/mol. The predicted molar refractivity (Wildman–Crippen MR) is 277 cm³/mol. The Morgan fingerprint density at radius 1 is 0.353 bits per heavy atom.